The number of methoxy groups -OCH3 is 1. The Morgan fingerprint density at radius 1 is 1.05 bits per heavy atom. The summed E-state index contributed by atoms with van der Waals surface area (Å²) in [5.41, 5.74) is 1.07. The van der Waals surface area contributed by atoms with Crippen LogP contribution in [0.1, 0.15) is 39.5 Å². The van der Waals surface area contributed by atoms with Gasteiger partial charge in [-0.15, -0.1) is 0 Å². The molecule has 0 saturated heterocycles. The second kappa shape index (κ2) is 8.13. The minimum absolute atomic E-state index is 0.292. The van der Waals surface area contributed by atoms with E-state index >= 15 is 0 Å². The molecule has 1 aliphatic carbocycles. The van der Waals surface area contributed by atoms with Gasteiger partial charge in [-0.05, 0) is 38.8 Å². The Morgan fingerprint density at radius 3 is 2.48 bits per heavy atom. The predicted octanol–water partition coefficient (Wildman–Crippen LogP) is 3.85. The first-order valence-corrected chi connectivity index (χ1v) is 7.97. The number of benzene rings is 1. The van der Waals surface area contributed by atoms with Crippen LogP contribution in [0.4, 0.5) is 5.69 Å². The molecule has 0 radical (unpaired) electrons. The van der Waals surface area contributed by atoms with Crippen LogP contribution in [0.25, 0.3) is 0 Å². The van der Waals surface area contributed by atoms with Gasteiger partial charge in [-0.1, -0.05) is 12.8 Å². The van der Waals surface area contributed by atoms with E-state index in [4.69, 9.17) is 14.2 Å². The lowest BCUT2D eigenvalue weighted by Crippen LogP contribution is -2.37. The summed E-state index contributed by atoms with van der Waals surface area (Å²) in [7, 11) is 1.80. The van der Waals surface area contributed by atoms with Crippen molar-refractivity contribution in [3.63, 3.8) is 0 Å². The van der Waals surface area contributed by atoms with E-state index in [1.807, 2.05) is 26.0 Å². The van der Waals surface area contributed by atoms with Crippen molar-refractivity contribution < 1.29 is 14.2 Å². The third-order valence-corrected chi connectivity index (χ3v) is 3.90. The van der Waals surface area contributed by atoms with Crippen molar-refractivity contribution in [2.24, 2.45) is 0 Å². The van der Waals surface area contributed by atoms with Gasteiger partial charge in [0.2, 0.25) is 0 Å². The van der Waals surface area contributed by atoms with Crippen molar-refractivity contribution in [1.29, 1.82) is 0 Å². The first kappa shape index (κ1) is 16.0. The first-order valence-electron chi connectivity index (χ1n) is 7.97. The molecule has 1 N–H and O–H groups in total. The molecule has 1 saturated carbocycles. The summed E-state index contributed by atoms with van der Waals surface area (Å²) in [5.74, 6) is 1.60. The van der Waals surface area contributed by atoms with Crippen molar-refractivity contribution in [2.45, 2.75) is 51.7 Å². The highest BCUT2D eigenvalue weighted by molar-refractivity contribution is 5.55. The van der Waals surface area contributed by atoms with Crippen molar-refractivity contribution in [1.82, 2.24) is 0 Å². The second-order valence-corrected chi connectivity index (χ2v) is 5.34. The fourth-order valence-electron chi connectivity index (χ4n) is 2.90. The highest BCUT2D eigenvalue weighted by Gasteiger charge is 2.24. The van der Waals surface area contributed by atoms with Gasteiger partial charge >= 0.3 is 0 Å². The number of nitrogens with one attached hydrogen (secondary N) is 1. The lowest BCUT2D eigenvalue weighted by Gasteiger charge is -2.32. The van der Waals surface area contributed by atoms with E-state index in [0.717, 1.165) is 30.0 Å². The zero-order chi connectivity index (χ0) is 15.1. The van der Waals surface area contributed by atoms with Crippen LogP contribution in [-0.2, 0) is 4.74 Å². The molecule has 1 aromatic carbocycles. The first-order chi connectivity index (χ1) is 10.3. The van der Waals surface area contributed by atoms with E-state index in [-0.39, 0.29) is 0 Å². The third-order valence-electron chi connectivity index (χ3n) is 3.90. The van der Waals surface area contributed by atoms with E-state index in [9.17, 15) is 0 Å². The maximum Gasteiger partial charge on any atom is 0.163 e. The normalized spacial score (nSPS) is 21.9. The van der Waals surface area contributed by atoms with Crippen molar-refractivity contribution in [3.05, 3.63) is 18.2 Å². The van der Waals surface area contributed by atoms with Crippen molar-refractivity contribution in [3.8, 4) is 11.5 Å². The monoisotopic (exact) mass is 293 g/mol. The molecule has 0 spiro atoms. The van der Waals surface area contributed by atoms with Gasteiger partial charge in [0, 0.05) is 18.9 Å². The lowest BCUT2D eigenvalue weighted by atomic mass is 9.92. The molecule has 1 fully saturated rings. The molecule has 2 unspecified atom stereocenters. The average molecular weight is 293 g/mol. The van der Waals surface area contributed by atoms with Crippen LogP contribution in [0, 0.1) is 0 Å². The summed E-state index contributed by atoms with van der Waals surface area (Å²) in [6.07, 6.45) is 5.08. The van der Waals surface area contributed by atoms with Crippen LogP contribution < -0.4 is 14.8 Å². The second-order valence-electron chi connectivity index (χ2n) is 5.34. The summed E-state index contributed by atoms with van der Waals surface area (Å²) in [6, 6.07) is 6.42. The van der Waals surface area contributed by atoms with Crippen molar-refractivity contribution in [2.75, 3.05) is 25.6 Å². The Kier molecular flexibility index (Phi) is 6.18. The molecule has 0 heterocycles. The largest absolute Gasteiger partial charge is 0.490 e. The number of hydrogen-bond acceptors (Lipinski definition) is 4. The molecule has 4 nitrogen and oxygen atoms in total. The Labute approximate surface area is 127 Å². The lowest BCUT2D eigenvalue weighted by molar-refractivity contribution is 0.0606. The quantitative estimate of drug-likeness (QED) is 0.829. The summed E-state index contributed by atoms with van der Waals surface area (Å²) >= 11 is 0. The SMILES string of the molecule is CCOc1ccc(NC2CCCCC2OC)cc1OCC. The maximum atomic E-state index is 5.68. The number of rotatable bonds is 7. The Balaban J connectivity index is 2.10. The number of hydrogen-bond donors (Lipinski definition) is 1. The molecular formula is C17H27NO3. The minimum Gasteiger partial charge on any atom is -0.490 e. The molecule has 2 rings (SSSR count). The molecule has 0 bridgehead atoms. The zero-order valence-corrected chi connectivity index (χ0v) is 13.4. The van der Waals surface area contributed by atoms with Crippen molar-refractivity contribution >= 4 is 5.69 Å². The smallest absolute Gasteiger partial charge is 0.163 e. The van der Waals surface area contributed by atoms with E-state index in [1.165, 1.54) is 12.8 Å². The van der Waals surface area contributed by atoms with E-state index in [2.05, 4.69) is 11.4 Å². The van der Waals surface area contributed by atoms with E-state index in [0.29, 0.717) is 25.4 Å². The molecule has 21 heavy (non-hydrogen) atoms. The third kappa shape index (κ3) is 4.27. The summed E-state index contributed by atoms with van der Waals surface area (Å²) in [5, 5.41) is 3.59. The molecular weight excluding hydrogens is 266 g/mol. The number of ether oxygens (including phenoxy) is 3. The van der Waals surface area contributed by atoms with Crippen LogP contribution in [0.2, 0.25) is 0 Å². The molecule has 1 aliphatic rings. The summed E-state index contributed by atoms with van der Waals surface area (Å²) in [4.78, 5) is 0. The average Bonchev–Trinajstić information content (AvgIpc) is 2.51. The van der Waals surface area contributed by atoms with Gasteiger partial charge in [0.05, 0.1) is 25.4 Å². The molecule has 2 atom stereocenters. The van der Waals surface area contributed by atoms with Crippen LogP contribution in [0.15, 0.2) is 18.2 Å². The Morgan fingerprint density at radius 2 is 1.76 bits per heavy atom. The highest BCUT2D eigenvalue weighted by Crippen LogP contribution is 2.32. The van der Waals surface area contributed by atoms with Gasteiger partial charge in [-0.25, -0.2) is 0 Å². The van der Waals surface area contributed by atoms with Gasteiger partial charge in [-0.2, -0.15) is 0 Å². The molecule has 0 aromatic heterocycles. The standard InChI is InChI=1S/C17H27NO3/c1-4-20-16-11-10-13(12-17(16)21-5-2)18-14-8-6-7-9-15(14)19-3/h10-12,14-15,18H,4-9H2,1-3H3. The fourth-order valence-corrected chi connectivity index (χ4v) is 2.90. The summed E-state index contributed by atoms with van der Waals surface area (Å²) < 4.78 is 16.9. The summed E-state index contributed by atoms with van der Waals surface area (Å²) in [6.45, 7) is 5.24. The Hall–Kier alpha value is -1.42. The van der Waals surface area contributed by atoms with Crippen LogP contribution in [0.5, 0.6) is 11.5 Å². The maximum absolute atomic E-state index is 5.68. The highest BCUT2D eigenvalue weighted by atomic mass is 16.5. The molecule has 1 aromatic rings. The van der Waals surface area contributed by atoms with Crippen LogP contribution >= 0.6 is 0 Å². The predicted molar refractivity (Wildman–Crippen MR) is 85.5 cm³/mol. The molecule has 4 heteroatoms. The topological polar surface area (TPSA) is 39.7 Å². The van der Waals surface area contributed by atoms with E-state index < -0.39 is 0 Å². The molecule has 0 aliphatic heterocycles. The number of anilines is 1. The van der Waals surface area contributed by atoms with Crippen LogP contribution in [0.3, 0.4) is 0 Å². The molecule has 118 valence electrons. The Bertz CT molecular complexity index is 436. The van der Waals surface area contributed by atoms with Gasteiger partial charge in [-0.3, -0.25) is 0 Å². The van der Waals surface area contributed by atoms with Gasteiger partial charge in [0.15, 0.2) is 11.5 Å². The van der Waals surface area contributed by atoms with Gasteiger partial charge in [0.1, 0.15) is 0 Å². The minimum atomic E-state index is 0.292. The van der Waals surface area contributed by atoms with Gasteiger partial charge < -0.3 is 19.5 Å². The van der Waals surface area contributed by atoms with Gasteiger partial charge in [0.25, 0.3) is 0 Å². The fraction of sp³-hybridized carbons (Fsp3) is 0.647. The zero-order valence-electron chi connectivity index (χ0n) is 13.4. The molecule has 0 amide bonds. The van der Waals surface area contributed by atoms with Crippen LogP contribution in [-0.4, -0.2) is 32.5 Å². The van der Waals surface area contributed by atoms with E-state index in [1.54, 1.807) is 7.11 Å².